The van der Waals surface area contributed by atoms with Gasteiger partial charge in [0.25, 0.3) is 5.91 Å². The Morgan fingerprint density at radius 2 is 2.04 bits per heavy atom. The van der Waals surface area contributed by atoms with Gasteiger partial charge in [0.15, 0.2) is 6.73 Å². The zero-order valence-electron chi connectivity index (χ0n) is 12.7. The Hall–Kier alpha value is -3.22. The molecular weight excluding hydrogens is 311 g/mol. The summed E-state index contributed by atoms with van der Waals surface area (Å²) in [7, 11) is 0. The summed E-state index contributed by atoms with van der Waals surface area (Å²) < 4.78 is 19.8. The Morgan fingerprint density at radius 1 is 1.21 bits per heavy atom. The highest BCUT2D eigenvalue weighted by atomic mass is 19.1. The number of amides is 1. The Morgan fingerprint density at radius 3 is 2.79 bits per heavy atom. The summed E-state index contributed by atoms with van der Waals surface area (Å²) in [6.07, 6.45) is 5.01. The fourth-order valence-corrected chi connectivity index (χ4v) is 2.00. The summed E-state index contributed by atoms with van der Waals surface area (Å²) in [5.41, 5.74) is 1.20. The average molecular weight is 326 g/mol. The van der Waals surface area contributed by atoms with E-state index in [1.165, 1.54) is 28.9 Å². The lowest BCUT2D eigenvalue weighted by Gasteiger charge is -2.06. The summed E-state index contributed by atoms with van der Waals surface area (Å²) >= 11 is 0. The topological polar surface area (TPSA) is 69.0 Å². The van der Waals surface area contributed by atoms with Crippen molar-refractivity contribution in [2.75, 3.05) is 0 Å². The molecule has 0 saturated carbocycles. The molecule has 7 heteroatoms. The van der Waals surface area contributed by atoms with Crippen molar-refractivity contribution < 1.29 is 13.9 Å². The van der Waals surface area contributed by atoms with E-state index in [1.807, 2.05) is 12.1 Å². The minimum absolute atomic E-state index is 0.127. The molecule has 0 aliphatic rings. The van der Waals surface area contributed by atoms with Crippen LogP contribution in [-0.4, -0.2) is 20.7 Å². The molecular formula is C17H15FN4O2. The summed E-state index contributed by atoms with van der Waals surface area (Å²) in [5.74, 6) is -0.0807. The van der Waals surface area contributed by atoms with Crippen molar-refractivity contribution in [1.29, 1.82) is 0 Å². The molecule has 1 aromatic carbocycles. The maximum absolute atomic E-state index is 12.8. The second kappa shape index (κ2) is 7.36. The highest BCUT2D eigenvalue weighted by molar-refractivity contribution is 5.92. The van der Waals surface area contributed by atoms with Crippen LogP contribution in [0.1, 0.15) is 16.1 Å². The van der Waals surface area contributed by atoms with Crippen molar-refractivity contribution in [2.45, 2.75) is 13.3 Å². The monoisotopic (exact) mass is 326 g/mol. The third-order valence-electron chi connectivity index (χ3n) is 3.23. The second-order valence-electron chi connectivity index (χ2n) is 5.01. The Labute approximate surface area is 137 Å². The quantitative estimate of drug-likeness (QED) is 0.755. The molecule has 0 fully saturated rings. The molecule has 3 aromatic rings. The largest absolute Gasteiger partial charge is 0.471 e. The molecule has 122 valence electrons. The van der Waals surface area contributed by atoms with Crippen molar-refractivity contribution in [1.82, 2.24) is 20.1 Å². The van der Waals surface area contributed by atoms with Gasteiger partial charge in [-0.2, -0.15) is 5.10 Å². The van der Waals surface area contributed by atoms with Gasteiger partial charge in [0.05, 0.1) is 0 Å². The molecule has 24 heavy (non-hydrogen) atoms. The third kappa shape index (κ3) is 4.16. The second-order valence-corrected chi connectivity index (χ2v) is 5.01. The summed E-state index contributed by atoms with van der Waals surface area (Å²) in [6.45, 7) is 0.507. The van der Waals surface area contributed by atoms with E-state index in [4.69, 9.17) is 4.74 Å². The normalized spacial score (nSPS) is 10.4. The van der Waals surface area contributed by atoms with Crippen molar-refractivity contribution in [2.24, 2.45) is 0 Å². The third-order valence-corrected chi connectivity index (χ3v) is 3.23. The van der Waals surface area contributed by atoms with Gasteiger partial charge in [0, 0.05) is 25.1 Å². The first-order chi connectivity index (χ1) is 11.7. The molecule has 1 amide bonds. The van der Waals surface area contributed by atoms with Crippen molar-refractivity contribution in [3.05, 3.63) is 78.1 Å². The SMILES string of the molecule is O=C(NCc1cccnc1)c1ccn(COc2ccc(F)cc2)n1. The molecule has 2 aromatic heterocycles. The molecule has 1 N–H and O–H groups in total. The number of hydrogen-bond acceptors (Lipinski definition) is 4. The predicted molar refractivity (Wildman–Crippen MR) is 84.7 cm³/mol. The number of ether oxygens (including phenoxy) is 1. The zero-order chi connectivity index (χ0) is 16.8. The molecule has 2 heterocycles. The summed E-state index contributed by atoms with van der Waals surface area (Å²) in [4.78, 5) is 16.0. The van der Waals surface area contributed by atoms with E-state index in [2.05, 4.69) is 15.4 Å². The van der Waals surface area contributed by atoms with Gasteiger partial charge in [-0.1, -0.05) is 6.07 Å². The van der Waals surface area contributed by atoms with Gasteiger partial charge >= 0.3 is 0 Å². The number of halogens is 1. The maximum Gasteiger partial charge on any atom is 0.272 e. The van der Waals surface area contributed by atoms with Gasteiger partial charge in [0.1, 0.15) is 17.3 Å². The van der Waals surface area contributed by atoms with Gasteiger partial charge in [-0.25, -0.2) is 9.07 Å². The molecule has 0 radical (unpaired) electrons. The Kier molecular flexibility index (Phi) is 4.81. The fourth-order valence-electron chi connectivity index (χ4n) is 2.00. The van der Waals surface area contributed by atoms with E-state index in [0.29, 0.717) is 18.0 Å². The van der Waals surface area contributed by atoms with Crippen molar-refractivity contribution in [3.8, 4) is 5.75 Å². The number of nitrogens with one attached hydrogen (secondary N) is 1. The van der Waals surface area contributed by atoms with Gasteiger partial charge in [-0.05, 0) is 42.0 Å². The molecule has 6 nitrogen and oxygen atoms in total. The van der Waals surface area contributed by atoms with Crippen LogP contribution < -0.4 is 10.1 Å². The number of benzene rings is 1. The smallest absolute Gasteiger partial charge is 0.272 e. The molecule has 0 spiro atoms. The number of rotatable bonds is 6. The minimum atomic E-state index is -0.325. The van der Waals surface area contributed by atoms with Gasteiger partial charge in [0.2, 0.25) is 0 Å². The number of nitrogens with zero attached hydrogens (tertiary/aromatic N) is 3. The highest BCUT2D eigenvalue weighted by Crippen LogP contribution is 2.11. The van der Waals surface area contributed by atoms with Crippen molar-refractivity contribution in [3.63, 3.8) is 0 Å². The van der Waals surface area contributed by atoms with Gasteiger partial charge in [-0.3, -0.25) is 9.78 Å². The van der Waals surface area contributed by atoms with Crippen molar-refractivity contribution >= 4 is 5.91 Å². The molecule has 0 bridgehead atoms. The summed E-state index contributed by atoms with van der Waals surface area (Å²) in [6, 6.07) is 11.0. The molecule has 3 rings (SSSR count). The van der Waals surface area contributed by atoms with E-state index in [1.54, 1.807) is 24.7 Å². The standard InChI is InChI=1S/C17H15FN4O2/c18-14-3-5-15(6-4-14)24-12-22-9-7-16(21-22)17(23)20-11-13-2-1-8-19-10-13/h1-10H,11-12H2,(H,20,23). The van der Waals surface area contributed by atoms with Crippen LogP contribution in [0.15, 0.2) is 61.1 Å². The van der Waals surface area contributed by atoms with Gasteiger partial charge < -0.3 is 10.1 Å². The molecule has 0 unspecified atom stereocenters. The molecule has 0 aliphatic heterocycles. The highest BCUT2D eigenvalue weighted by Gasteiger charge is 2.09. The fraction of sp³-hybridized carbons (Fsp3) is 0.118. The van der Waals surface area contributed by atoms with Gasteiger partial charge in [-0.15, -0.1) is 0 Å². The first kappa shape index (κ1) is 15.7. The van der Waals surface area contributed by atoms with Crippen LogP contribution in [0.4, 0.5) is 4.39 Å². The Bertz CT molecular complexity index is 803. The molecule has 0 atom stereocenters. The predicted octanol–water partition coefficient (Wildman–Crippen LogP) is 2.38. The van der Waals surface area contributed by atoms with Crippen LogP contribution in [0.25, 0.3) is 0 Å². The first-order valence-corrected chi connectivity index (χ1v) is 7.29. The first-order valence-electron chi connectivity index (χ1n) is 7.29. The number of pyridine rings is 1. The summed E-state index contributed by atoms with van der Waals surface area (Å²) in [5, 5.41) is 6.92. The zero-order valence-corrected chi connectivity index (χ0v) is 12.7. The van der Waals surface area contributed by atoms with E-state index in [9.17, 15) is 9.18 Å². The van der Waals surface area contributed by atoms with E-state index in [0.717, 1.165) is 5.56 Å². The van der Waals surface area contributed by atoms with Crippen LogP contribution in [0.5, 0.6) is 5.75 Å². The average Bonchev–Trinajstić information content (AvgIpc) is 3.09. The van der Waals surface area contributed by atoms with Crippen LogP contribution in [0.2, 0.25) is 0 Å². The molecule has 0 aliphatic carbocycles. The van der Waals surface area contributed by atoms with E-state index in [-0.39, 0.29) is 18.5 Å². The number of aromatic nitrogens is 3. The van der Waals surface area contributed by atoms with E-state index < -0.39 is 0 Å². The lowest BCUT2D eigenvalue weighted by molar-refractivity contribution is 0.0944. The van der Waals surface area contributed by atoms with Crippen LogP contribution in [-0.2, 0) is 13.3 Å². The number of hydrogen-bond donors (Lipinski definition) is 1. The van der Waals surface area contributed by atoms with Crippen LogP contribution in [0.3, 0.4) is 0 Å². The van der Waals surface area contributed by atoms with Crippen LogP contribution >= 0.6 is 0 Å². The lowest BCUT2D eigenvalue weighted by atomic mass is 10.3. The Balaban J connectivity index is 1.52. The number of carbonyl (C=O) groups excluding carboxylic acids is 1. The maximum atomic E-state index is 12.8. The minimum Gasteiger partial charge on any atom is -0.471 e. The lowest BCUT2D eigenvalue weighted by Crippen LogP contribution is -2.23. The molecule has 0 saturated heterocycles. The van der Waals surface area contributed by atoms with E-state index >= 15 is 0 Å². The number of carbonyl (C=O) groups is 1. The van der Waals surface area contributed by atoms with Crippen LogP contribution in [0, 0.1) is 5.82 Å².